The highest BCUT2D eigenvalue weighted by Crippen LogP contribution is 2.30. The summed E-state index contributed by atoms with van der Waals surface area (Å²) in [6.07, 6.45) is 2.19. The maximum Gasteiger partial charge on any atom is 0.313 e. The monoisotopic (exact) mass is 266 g/mol. The molecule has 1 aromatic carbocycles. The molecule has 2 rings (SSSR count). The van der Waals surface area contributed by atoms with Crippen molar-refractivity contribution in [1.82, 2.24) is 5.32 Å². The Balaban J connectivity index is 1.82. The minimum atomic E-state index is -0.869. The summed E-state index contributed by atoms with van der Waals surface area (Å²) in [5.41, 5.74) is -0.532. The summed E-state index contributed by atoms with van der Waals surface area (Å²) in [6, 6.07) is 5.09. The standard InChI is InChI=1S/C13H15FN2O3/c14-9-2-4-10(5-3-9)16-12(18)11(17)15-8-13(19)6-1-7-13/h2-5,19H,1,6-8H2,(H,15,17)(H,16,18). The van der Waals surface area contributed by atoms with Crippen LogP contribution in [0.1, 0.15) is 19.3 Å². The Morgan fingerprint density at radius 1 is 1.21 bits per heavy atom. The van der Waals surface area contributed by atoms with E-state index in [1.54, 1.807) is 0 Å². The number of rotatable bonds is 3. The molecule has 5 nitrogen and oxygen atoms in total. The van der Waals surface area contributed by atoms with E-state index < -0.39 is 23.2 Å². The van der Waals surface area contributed by atoms with E-state index in [9.17, 15) is 19.1 Å². The first-order valence-electron chi connectivity index (χ1n) is 6.06. The van der Waals surface area contributed by atoms with Crippen LogP contribution in [-0.2, 0) is 9.59 Å². The Kier molecular flexibility index (Phi) is 3.80. The Morgan fingerprint density at radius 2 is 1.84 bits per heavy atom. The van der Waals surface area contributed by atoms with Gasteiger partial charge in [0.05, 0.1) is 5.60 Å². The van der Waals surface area contributed by atoms with Gasteiger partial charge in [0.1, 0.15) is 5.82 Å². The summed E-state index contributed by atoms with van der Waals surface area (Å²) < 4.78 is 12.7. The molecule has 0 aromatic heterocycles. The summed E-state index contributed by atoms with van der Waals surface area (Å²) in [5.74, 6) is -2.08. The van der Waals surface area contributed by atoms with Crippen LogP contribution >= 0.6 is 0 Å². The number of nitrogens with one attached hydrogen (secondary N) is 2. The van der Waals surface area contributed by atoms with E-state index in [0.717, 1.165) is 6.42 Å². The molecule has 2 amide bonds. The molecule has 1 aromatic rings. The Bertz CT molecular complexity index is 483. The zero-order chi connectivity index (χ0) is 13.9. The highest BCUT2D eigenvalue weighted by Gasteiger charge is 2.35. The molecule has 0 saturated heterocycles. The molecule has 0 aliphatic heterocycles. The van der Waals surface area contributed by atoms with Gasteiger partial charge in [-0.3, -0.25) is 9.59 Å². The van der Waals surface area contributed by atoms with E-state index in [4.69, 9.17) is 0 Å². The Hall–Kier alpha value is -1.95. The van der Waals surface area contributed by atoms with Crippen molar-refractivity contribution in [2.45, 2.75) is 24.9 Å². The predicted molar refractivity (Wildman–Crippen MR) is 66.8 cm³/mol. The van der Waals surface area contributed by atoms with Gasteiger partial charge < -0.3 is 15.7 Å². The van der Waals surface area contributed by atoms with Crippen LogP contribution < -0.4 is 10.6 Å². The van der Waals surface area contributed by atoms with Gasteiger partial charge in [0, 0.05) is 12.2 Å². The fourth-order valence-corrected chi connectivity index (χ4v) is 1.81. The second kappa shape index (κ2) is 5.36. The second-order valence-electron chi connectivity index (χ2n) is 4.72. The molecule has 1 aliphatic rings. The third-order valence-corrected chi connectivity index (χ3v) is 3.17. The highest BCUT2D eigenvalue weighted by molar-refractivity contribution is 6.39. The molecule has 0 atom stereocenters. The van der Waals surface area contributed by atoms with E-state index in [1.165, 1.54) is 24.3 Å². The van der Waals surface area contributed by atoms with Crippen LogP contribution in [-0.4, -0.2) is 29.1 Å². The first-order valence-corrected chi connectivity index (χ1v) is 6.06. The van der Waals surface area contributed by atoms with Crippen molar-refractivity contribution in [1.29, 1.82) is 0 Å². The smallest absolute Gasteiger partial charge is 0.313 e. The van der Waals surface area contributed by atoms with Crippen molar-refractivity contribution < 1.29 is 19.1 Å². The fraction of sp³-hybridized carbons (Fsp3) is 0.385. The molecule has 0 spiro atoms. The van der Waals surface area contributed by atoms with Gasteiger partial charge >= 0.3 is 11.8 Å². The zero-order valence-corrected chi connectivity index (χ0v) is 10.3. The lowest BCUT2D eigenvalue weighted by Gasteiger charge is -2.36. The first-order chi connectivity index (χ1) is 8.98. The number of benzene rings is 1. The van der Waals surface area contributed by atoms with Crippen molar-refractivity contribution in [2.24, 2.45) is 0 Å². The van der Waals surface area contributed by atoms with Crippen molar-refractivity contribution in [3.05, 3.63) is 30.1 Å². The summed E-state index contributed by atoms with van der Waals surface area (Å²) >= 11 is 0. The normalized spacial score (nSPS) is 16.3. The number of carbonyl (C=O) groups is 2. The van der Waals surface area contributed by atoms with Crippen LogP contribution in [0.5, 0.6) is 0 Å². The predicted octanol–water partition coefficient (Wildman–Crippen LogP) is 0.795. The van der Waals surface area contributed by atoms with E-state index >= 15 is 0 Å². The zero-order valence-electron chi connectivity index (χ0n) is 10.3. The van der Waals surface area contributed by atoms with Gasteiger partial charge in [0.25, 0.3) is 0 Å². The van der Waals surface area contributed by atoms with Crippen LogP contribution in [0.2, 0.25) is 0 Å². The molecular weight excluding hydrogens is 251 g/mol. The molecule has 3 N–H and O–H groups in total. The third kappa shape index (κ3) is 3.51. The van der Waals surface area contributed by atoms with Crippen molar-refractivity contribution in [3.8, 4) is 0 Å². The summed E-state index contributed by atoms with van der Waals surface area (Å²) in [5, 5.41) is 14.5. The van der Waals surface area contributed by atoms with Gasteiger partial charge in [-0.1, -0.05) is 0 Å². The molecule has 0 unspecified atom stereocenters. The van der Waals surface area contributed by atoms with E-state index in [0.29, 0.717) is 18.5 Å². The van der Waals surface area contributed by atoms with Crippen LogP contribution in [0.3, 0.4) is 0 Å². The minimum Gasteiger partial charge on any atom is -0.388 e. The van der Waals surface area contributed by atoms with Crippen LogP contribution in [0.4, 0.5) is 10.1 Å². The molecule has 102 valence electrons. The molecule has 6 heteroatoms. The Morgan fingerprint density at radius 3 is 2.37 bits per heavy atom. The van der Waals surface area contributed by atoms with Gasteiger partial charge in [-0.05, 0) is 43.5 Å². The number of halogens is 1. The SMILES string of the molecule is O=C(NCC1(O)CCC1)C(=O)Nc1ccc(F)cc1. The van der Waals surface area contributed by atoms with Gasteiger partial charge in [0.2, 0.25) is 0 Å². The van der Waals surface area contributed by atoms with Gasteiger partial charge in [-0.25, -0.2) is 4.39 Å². The third-order valence-electron chi connectivity index (χ3n) is 3.17. The molecule has 0 bridgehead atoms. The number of hydrogen-bond donors (Lipinski definition) is 3. The molecule has 19 heavy (non-hydrogen) atoms. The molecule has 0 heterocycles. The summed E-state index contributed by atoms with van der Waals surface area (Å²) in [6.45, 7) is 0.0721. The molecule has 0 radical (unpaired) electrons. The maximum atomic E-state index is 12.7. The summed E-state index contributed by atoms with van der Waals surface area (Å²) in [4.78, 5) is 23.0. The lowest BCUT2D eigenvalue weighted by molar-refractivity contribution is -0.137. The second-order valence-corrected chi connectivity index (χ2v) is 4.72. The number of hydrogen-bond acceptors (Lipinski definition) is 3. The van der Waals surface area contributed by atoms with Gasteiger partial charge in [0.15, 0.2) is 0 Å². The van der Waals surface area contributed by atoms with E-state index in [1.807, 2.05) is 0 Å². The maximum absolute atomic E-state index is 12.7. The van der Waals surface area contributed by atoms with Gasteiger partial charge in [-0.2, -0.15) is 0 Å². The number of amides is 2. The quantitative estimate of drug-likeness (QED) is 0.708. The van der Waals surface area contributed by atoms with E-state index in [2.05, 4.69) is 10.6 Å². The van der Waals surface area contributed by atoms with Gasteiger partial charge in [-0.15, -0.1) is 0 Å². The minimum absolute atomic E-state index is 0.0721. The largest absolute Gasteiger partial charge is 0.388 e. The average Bonchev–Trinajstić information content (AvgIpc) is 2.36. The van der Waals surface area contributed by atoms with E-state index in [-0.39, 0.29) is 6.54 Å². The number of anilines is 1. The lowest BCUT2D eigenvalue weighted by atomic mass is 9.80. The lowest BCUT2D eigenvalue weighted by Crippen LogP contribution is -2.49. The van der Waals surface area contributed by atoms with Crippen LogP contribution in [0.25, 0.3) is 0 Å². The first kappa shape index (κ1) is 13.5. The topological polar surface area (TPSA) is 78.4 Å². The average molecular weight is 266 g/mol. The molecule has 1 aliphatic carbocycles. The van der Waals surface area contributed by atoms with Crippen molar-refractivity contribution in [3.63, 3.8) is 0 Å². The number of carbonyl (C=O) groups excluding carboxylic acids is 2. The molecule has 1 fully saturated rings. The van der Waals surface area contributed by atoms with Crippen LogP contribution in [0.15, 0.2) is 24.3 Å². The Labute approximate surface area is 109 Å². The number of aliphatic hydroxyl groups is 1. The fourth-order valence-electron chi connectivity index (χ4n) is 1.81. The molecular formula is C13H15FN2O3. The van der Waals surface area contributed by atoms with Crippen molar-refractivity contribution >= 4 is 17.5 Å². The van der Waals surface area contributed by atoms with Crippen molar-refractivity contribution in [2.75, 3.05) is 11.9 Å². The highest BCUT2D eigenvalue weighted by atomic mass is 19.1. The summed E-state index contributed by atoms with van der Waals surface area (Å²) in [7, 11) is 0. The molecule has 1 saturated carbocycles. The van der Waals surface area contributed by atoms with Crippen LogP contribution in [0, 0.1) is 5.82 Å².